The Bertz CT molecular complexity index is 542. The van der Waals surface area contributed by atoms with Crippen molar-refractivity contribution < 1.29 is 23.1 Å². The summed E-state index contributed by atoms with van der Waals surface area (Å²) in [6.07, 6.45) is -0.773. The molecule has 0 radical (unpaired) electrons. The van der Waals surface area contributed by atoms with Crippen LogP contribution in [-0.2, 0) is 9.53 Å². The van der Waals surface area contributed by atoms with E-state index in [2.05, 4.69) is 10.6 Å². The Morgan fingerprint density at radius 3 is 2.43 bits per heavy atom. The van der Waals surface area contributed by atoms with Gasteiger partial charge >= 0.3 is 6.09 Å². The van der Waals surface area contributed by atoms with Crippen LogP contribution in [0.5, 0.6) is 0 Å². The fraction of sp³-hybridized carbons (Fsp3) is 0.429. The molecule has 0 aliphatic rings. The number of carbonyl (C=O) groups excluding carboxylic acids is 2. The first-order valence-corrected chi connectivity index (χ1v) is 6.34. The van der Waals surface area contributed by atoms with Gasteiger partial charge in [-0.3, -0.25) is 4.79 Å². The van der Waals surface area contributed by atoms with Gasteiger partial charge in [0, 0.05) is 6.07 Å². The molecule has 2 N–H and O–H groups in total. The number of alkyl carbamates (subject to hydrolysis) is 1. The van der Waals surface area contributed by atoms with Crippen LogP contribution in [-0.4, -0.2) is 23.6 Å². The van der Waals surface area contributed by atoms with E-state index < -0.39 is 35.3 Å². The van der Waals surface area contributed by atoms with Crippen molar-refractivity contribution in [3.63, 3.8) is 0 Å². The Hall–Kier alpha value is -2.18. The van der Waals surface area contributed by atoms with Gasteiger partial charge in [0.25, 0.3) is 0 Å². The monoisotopic (exact) mass is 300 g/mol. The van der Waals surface area contributed by atoms with Gasteiger partial charge in [0.05, 0.1) is 5.69 Å². The van der Waals surface area contributed by atoms with Crippen LogP contribution in [0.1, 0.15) is 27.7 Å². The van der Waals surface area contributed by atoms with Crippen molar-refractivity contribution in [2.75, 3.05) is 5.32 Å². The second-order valence-electron chi connectivity index (χ2n) is 5.48. The molecule has 0 spiro atoms. The lowest BCUT2D eigenvalue weighted by atomic mass is 10.2. The first-order valence-electron chi connectivity index (χ1n) is 6.34. The molecule has 0 aliphatic heterocycles. The summed E-state index contributed by atoms with van der Waals surface area (Å²) in [5, 5.41) is 4.50. The molecule has 1 atom stereocenters. The van der Waals surface area contributed by atoms with Crippen molar-refractivity contribution >= 4 is 17.7 Å². The highest BCUT2D eigenvalue weighted by Crippen LogP contribution is 2.15. The van der Waals surface area contributed by atoms with Gasteiger partial charge < -0.3 is 15.4 Å². The van der Waals surface area contributed by atoms with Crippen molar-refractivity contribution in [3.8, 4) is 0 Å². The largest absolute Gasteiger partial charge is 0.444 e. The summed E-state index contributed by atoms with van der Waals surface area (Å²) in [7, 11) is 0. The van der Waals surface area contributed by atoms with Crippen LogP contribution in [0.2, 0.25) is 0 Å². The number of ether oxygens (including phenoxy) is 1. The Morgan fingerprint density at radius 1 is 1.24 bits per heavy atom. The fourth-order valence-electron chi connectivity index (χ4n) is 1.38. The predicted molar refractivity (Wildman–Crippen MR) is 73.8 cm³/mol. The zero-order valence-electron chi connectivity index (χ0n) is 12.3. The van der Waals surface area contributed by atoms with E-state index >= 15 is 0 Å². The fourth-order valence-corrected chi connectivity index (χ4v) is 1.38. The average Bonchev–Trinajstić information content (AvgIpc) is 2.31. The molecule has 116 valence electrons. The molecular formula is C14H18F2N2O3. The zero-order valence-corrected chi connectivity index (χ0v) is 12.3. The van der Waals surface area contributed by atoms with Gasteiger partial charge in [-0.2, -0.15) is 0 Å². The van der Waals surface area contributed by atoms with Gasteiger partial charge in [0.15, 0.2) is 0 Å². The quantitative estimate of drug-likeness (QED) is 0.902. The normalized spacial score (nSPS) is 12.5. The molecule has 0 fully saturated rings. The van der Waals surface area contributed by atoms with Crippen molar-refractivity contribution in [1.82, 2.24) is 5.32 Å². The maximum Gasteiger partial charge on any atom is 0.408 e. The molecule has 0 aliphatic carbocycles. The number of benzene rings is 1. The first kappa shape index (κ1) is 16.9. The Kier molecular flexibility index (Phi) is 5.23. The number of carbonyl (C=O) groups is 2. The zero-order chi connectivity index (χ0) is 16.2. The second-order valence-corrected chi connectivity index (χ2v) is 5.48. The number of anilines is 1. The van der Waals surface area contributed by atoms with Crippen molar-refractivity contribution in [3.05, 3.63) is 29.8 Å². The van der Waals surface area contributed by atoms with E-state index in [0.717, 1.165) is 18.2 Å². The Balaban J connectivity index is 2.63. The summed E-state index contributed by atoms with van der Waals surface area (Å²) in [6, 6.07) is 1.72. The molecule has 1 rings (SSSR count). The van der Waals surface area contributed by atoms with Gasteiger partial charge in [-0.1, -0.05) is 0 Å². The number of amides is 2. The van der Waals surface area contributed by atoms with E-state index in [1.54, 1.807) is 20.8 Å². The minimum atomic E-state index is -0.970. The van der Waals surface area contributed by atoms with Crippen LogP contribution < -0.4 is 10.6 Å². The van der Waals surface area contributed by atoms with Crippen LogP contribution in [0.3, 0.4) is 0 Å². The summed E-state index contributed by atoms with van der Waals surface area (Å²) >= 11 is 0. The van der Waals surface area contributed by atoms with Crippen LogP contribution in [0.4, 0.5) is 19.3 Å². The van der Waals surface area contributed by atoms with E-state index in [1.807, 2.05) is 0 Å². The van der Waals surface area contributed by atoms with Crippen molar-refractivity contribution in [1.29, 1.82) is 0 Å². The van der Waals surface area contributed by atoms with Crippen molar-refractivity contribution in [2.24, 2.45) is 0 Å². The standard InChI is InChI=1S/C14H18F2N2O3/c1-8(17-13(20)21-14(2,3)4)12(19)18-11-7-9(15)5-6-10(11)16/h5-8H,1-4H3,(H,17,20)(H,18,19)/t8-/m0/s1. The minimum Gasteiger partial charge on any atom is -0.444 e. The lowest BCUT2D eigenvalue weighted by Gasteiger charge is -2.21. The number of hydrogen-bond donors (Lipinski definition) is 2. The molecule has 5 nitrogen and oxygen atoms in total. The summed E-state index contributed by atoms with van der Waals surface area (Å²) in [6.45, 7) is 6.44. The molecule has 0 unspecified atom stereocenters. The van der Waals surface area contributed by atoms with E-state index in [0.29, 0.717) is 0 Å². The summed E-state index contributed by atoms with van der Waals surface area (Å²) in [5.74, 6) is -2.14. The second kappa shape index (κ2) is 6.51. The molecule has 1 aromatic rings. The van der Waals surface area contributed by atoms with Crippen LogP contribution in [0.25, 0.3) is 0 Å². The van der Waals surface area contributed by atoms with Gasteiger partial charge in [0.1, 0.15) is 23.3 Å². The van der Waals surface area contributed by atoms with Gasteiger partial charge in [0.2, 0.25) is 5.91 Å². The molecule has 0 saturated heterocycles. The average molecular weight is 300 g/mol. The van der Waals surface area contributed by atoms with Crippen LogP contribution in [0.15, 0.2) is 18.2 Å². The lowest BCUT2D eigenvalue weighted by molar-refractivity contribution is -0.117. The third-order valence-electron chi connectivity index (χ3n) is 2.31. The van der Waals surface area contributed by atoms with Gasteiger partial charge in [-0.25, -0.2) is 13.6 Å². The minimum absolute atomic E-state index is 0.294. The number of rotatable bonds is 3. The highest BCUT2D eigenvalue weighted by Gasteiger charge is 2.21. The SMILES string of the molecule is C[C@H](NC(=O)OC(C)(C)C)C(=O)Nc1cc(F)ccc1F. The predicted octanol–water partition coefficient (Wildman–Crippen LogP) is 2.82. The summed E-state index contributed by atoms with van der Waals surface area (Å²) < 4.78 is 31.4. The number of nitrogens with one attached hydrogen (secondary N) is 2. The number of halogens is 2. The smallest absolute Gasteiger partial charge is 0.408 e. The first-order chi connectivity index (χ1) is 9.58. The Morgan fingerprint density at radius 2 is 1.86 bits per heavy atom. The molecule has 7 heteroatoms. The van der Waals surface area contributed by atoms with E-state index in [9.17, 15) is 18.4 Å². The van der Waals surface area contributed by atoms with Gasteiger partial charge in [-0.15, -0.1) is 0 Å². The molecule has 0 heterocycles. The molecule has 2 amide bonds. The maximum atomic E-state index is 13.4. The third-order valence-corrected chi connectivity index (χ3v) is 2.31. The van der Waals surface area contributed by atoms with E-state index in [4.69, 9.17) is 4.74 Å². The topological polar surface area (TPSA) is 67.4 Å². The van der Waals surface area contributed by atoms with E-state index in [-0.39, 0.29) is 5.69 Å². The summed E-state index contributed by atoms with van der Waals surface area (Å²) in [5.41, 5.74) is -0.993. The highest BCUT2D eigenvalue weighted by molar-refractivity contribution is 5.96. The third kappa shape index (κ3) is 5.76. The molecule has 1 aromatic carbocycles. The Labute approximate surface area is 121 Å². The van der Waals surface area contributed by atoms with E-state index in [1.165, 1.54) is 6.92 Å². The molecule has 0 bridgehead atoms. The van der Waals surface area contributed by atoms with Crippen LogP contribution >= 0.6 is 0 Å². The van der Waals surface area contributed by atoms with Gasteiger partial charge in [-0.05, 0) is 39.8 Å². The molecule has 0 saturated carbocycles. The maximum absolute atomic E-state index is 13.4. The molecular weight excluding hydrogens is 282 g/mol. The highest BCUT2D eigenvalue weighted by atomic mass is 19.1. The lowest BCUT2D eigenvalue weighted by Crippen LogP contribution is -2.44. The van der Waals surface area contributed by atoms with Crippen molar-refractivity contribution in [2.45, 2.75) is 39.3 Å². The summed E-state index contributed by atoms with van der Waals surface area (Å²) in [4.78, 5) is 23.3. The van der Waals surface area contributed by atoms with Crippen LogP contribution in [0, 0.1) is 11.6 Å². The number of hydrogen-bond acceptors (Lipinski definition) is 3. The molecule has 21 heavy (non-hydrogen) atoms. The molecule has 0 aromatic heterocycles.